The molecular weight excluding hydrogens is 218 g/mol. The lowest BCUT2D eigenvalue weighted by molar-refractivity contribution is -0.117. The number of nitrogens with zero attached hydrogens (tertiary/aromatic N) is 2. The first-order valence-corrected chi connectivity index (χ1v) is 5.76. The molecule has 6 heteroatoms. The van der Waals surface area contributed by atoms with Crippen LogP contribution >= 0.6 is 0 Å². The molecule has 0 unspecified atom stereocenters. The molecule has 0 fully saturated rings. The Hall–Kier alpha value is -1.56. The van der Waals surface area contributed by atoms with Crippen molar-refractivity contribution in [2.75, 3.05) is 40.3 Å². The highest BCUT2D eigenvalue weighted by Gasteiger charge is 2.09. The van der Waals surface area contributed by atoms with Gasteiger partial charge in [-0.3, -0.25) is 4.79 Å². The van der Waals surface area contributed by atoms with E-state index in [1.54, 1.807) is 20.3 Å². The highest BCUT2D eigenvalue weighted by molar-refractivity contribution is 5.93. The minimum atomic E-state index is -0.0829. The number of carbonyl (C=O) groups excluding carboxylic acids is 1. The summed E-state index contributed by atoms with van der Waals surface area (Å²) in [4.78, 5) is 18.1. The molecule has 0 aromatic heterocycles. The van der Waals surface area contributed by atoms with Gasteiger partial charge in [0, 0.05) is 33.2 Å². The number of amides is 1. The first-order chi connectivity index (χ1) is 8.15. The van der Waals surface area contributed by atoms with Crippen LogP contribution in [0.5, 0.6) is 0 Å². The van der Waals surface area contributed by atoms with Crippen LogP contribution < -0.4 is 16.0 Å². The normalized spacial score (nSPS) is 26.2. The van der Waals surface area contributed by atoms with Crippen LogP contribution in [0.15, 0.2) is 16.4 Å². The second-order valence-electron chi connectivity index (χ2n) is 4.00. The molecule has 0 aromatic rings. The molecule has 1 amide bonds. The third-order valence-corrected chi connectivity index (χ3v) is 2.63. The minimum Gasteiger partial charge on any atom is -0.375 e. The van der Waals surface area contributed by atoms with Gasteiger partial charge in [0.15, 0.2) is 0 Å². The second kappa shape index (κ2) is 6.90. The Morgan fingerprint density at radius 1 is 1.41 bits per heavy atom. The first-order valence-electron chi connectivity index (χ1n) is 5.76. The van der Waals surface area contributed by atoms with Gasteiger partial charge in [-0.25, -0.2) is 4.99 Å². The Kier molecular flexibility index (Phi) is 5.48. The molecule has 3 N–H and O–H groups in total. The topological polar surface area (TPSA) is 68.8 Å². The van der Waals surface area contributed by atoms with E-state index in [0.29, 0.717) is 17.9 Å². The van der Waals surface area contributed by atoms with Crippen LogP contribution in [-0.4, -0.2) is 57.4 Å². The van der Waals surface area contributed by atoms with Crippen molar-refractivity contribution in [2.24, 2.45) is 4.99 Å². The van der Waals surface area contributed by atoms with Gasteiger partial charge in [-0.15, -0.1) is 0 Å². The molecule has 0 saturated carbocycles. The molecule has 1 aliphatic heterocycles. The Morgan fingerprint density at radius 3 is 2.82 bits per heavy atom. The monoisotopic (exact) mass is 239 g/mol. The number of likely N-dealkylation sites (N-methyl/N-ethyl adjacent to an activating group) is 1. The number of rotatable bonds is 1. The fourth-order valence-corrected chi connectivity index (χ4v) is 1.49. The summed E-state index contributed by atoms with van der Waals surface area (Å²) >= 11 is 0. The largest absolute Gasteiger partial charge is 0.375 e. The predicted octanol–water partition coefficient (Wildman–Crippen LogP) is -0.883. The van der Waals surface area contributed by atoms with Gasteiger partial charge in [0.25, 0.3) is 5.91 Å². The van der Waals surface area contributed by atoms with Crippen molar-refractivity contribution in [2.45, 2.75) is 6.92 Å². The molecule has 96 valence electrons. The van der Waals surface area contributed by atoms with E-state index in [-0.39, 0.29) is 5.91 Å². The minimum absolute atomic E-state index is 0.0829. The summed E-state index contributed by atoms with van der Waals surface area (Å²) in [5.41, 5.74) is 0.591. The molecule has 0 aromatic carbocycles. The molecule has 0 spiro atoms. The van der Waals surface area contributed by atoms with Crippen LogP contribution in [0.3, 0.4) is 0 Å². The van der Waals surface area contributed by atoms with Crippen molar-refractivity contribution in [3.63, 3.8) is 0 Å². The summed E-state index contributed by atoms with van der Waals surface area (Å²) in [5.74, 6) is 0.504. The summed E-state index contributed by atoms with van der Waals surface area (Å²) in [5, 5.41) is 8.88. The zero-order valence-corrected chi connectivity index (χ0v) is 10.7. The molecule has 6 nitrogen and oxygen atoms in total. The van der Waals surface area contributed by atoms with E-state index in [0.717, 1.165) is 19.6 Å². The van der Waals surface area contributed by atoms with E-state index >= 15 is 0 Å². The van der Waals surface area contributed by atoms with Crippen molar-refractivity contribution < 1.29 is 4.79 Å². The van der Waals surface area contributed by atoms with E-state index in [1.165, 1.54) is 0 Å². The Morgan fingerprint density at radius 2 is 2.12 bits per heavy atom. The molecular formula is C11H21N5O. The fraction of sp³-hybridized carbons (Fsp3) is 0.636. The average molecular weight is 239 g/mol. The summed E-state index contributed by atoms with van der Waals surface area (Å²) in [6, 6.07) is 0. The van der Waals surface area contributed by atoms with Crippen molar-refractivity contribution in [3.8, 4) is 0 Å². The van der Waals surface area contributed by atoms with E-state index < -0.39 is 0 Å². The second-order valence-corrected chi connectivity index (χ2v) is 4.00. The van der Waals surface area contributed by atoms with Crippen LogP contribution in [0.4, 0.5) is 0 Å². The third kappa shape index (κ3) is 4.44. The van der Waals surface area contributed by atoms with E-state index in [1.807, 2.05) is 7.05 Å². The van der Waals surface area contributed by atoms with Crippen LogP contribution in [-0.2, 0) is 4.79 Å². The Bertz CT molecular complexity index is 324. The lowest BCUT2D eigenvalue weighted by Crippen LogP contribution is -2.37. The molecule has 1 rings (SSSR count). The van der Waals surface area contributed by atoms with Crippen molar-refractivity contribution >= 4 is 12.2 Å². The van der Waals surface area contributed by atoms with Gasteiger partial charge in [0.2, 0.25) is 0 Å². The molecule has 0 atom stereocenters. The van der Waals surface area contributed by atoms with Gasteiger partial charge in [0.1, 0.15) is 5.82 Å². The van der Waals surface area contributed by atoms with E-state index in [9.17, 15) is 4.79 Å². The maximum Gasteiger partial charge on any atom is 0.250 e. The SMILES string of the molecule is CNC1=C(\C)C(=O)NCCN(C)CCN\C=N\1. The molecule has 1 heterocycles. The van der Waals surface area contributed by atoms with Crippen molar-refractivity contribution in [1.82, 2.24) is 20.9 Å². The number of aliphatic imine (C=N–C) groups is 1. The number of hydrogen-bond donors (Lipinski definition) is 3. The predicted molar refractivity (Wildman–Crippen MR) is 68.8 cm³/mol. The molecule has 0 bridgehead atoms. The molecule has 17 heavy (non-hydrogen) atoms. The van der Waals surface area contributed by atoms with Crippen LogP contribution in [0.1, 0.15) is 6.92 Å². The Balaban J connectivity index is 2.77. The fourth-order valence-electron chi connectivity index (χ4n) is 1.49. The molecule has 0 radical (unpaired) electrons. The molecule has 0 saturated heterocycles. The van der Waals surface area contributed by atoms with Crippen LogP contribution in [0, 0.1) is 0 Å². The van der Waals surface area contributed by atoms with Gasteiger partial charge >= 0.3 is 0 Å². The average Bonchev–Trinajstić information content (AvgIpc) is 2.31. The summed E-state index contributed by atoms with van der Waals surface area (Å²) in [6.07, 6.45) is 1.62. The standard InChI is InChI=1S/C11H21N5O/c1-9-10(12-2)15-8-13-4-6-16(3)7-5-14-11(9)17/h8,12H,4-7H2,1-3H3,(H,13,15)(H,14,17)/b10-9-. The van der Waals surface area contributed by atoms with Crippen molar-refractivity contribution in [1.29, 1.82) is 0 Å². The highest BCUT2D eigenvalue weighted by atomic mass is 16.1. The third-order valence-electron chi connectivity index (χ3n) is 2.63. The van der Waals surface area contributed by atoms with Gasteiger partial charge in [-0.1, -0.05) is 0 Å². The van der Waals surface area contributed by atoms with Crippen LogP contribution in [0.25, 0.3) is 0 Å². The molecule has 0 aliphatic carbocycles. The molecule has 1 aliphatic rings. The maximum atomic E-state index is 11.8. The van der Waals surface area contributed by atoms with Gasteiger partial charge in [-0.2, -0.15) is 0 Å². The summed E-state index contributed by atoms with van der Waals surface area (Å²) < 4.78 is 0. The summed E-state index contributed by atoms with van der Waals surface area (Å²) in [6.45, 7) is 5.00. The van der Waals surface area contributed by atoms with Gasteiger partial charge in [-0.05, 0) is 14.0 Å². The zero-order chi connectivity index (χ0) is 12.7. The smallest absolute Gasteiger partial charge is 0.250 e. The van der Waals surface area contributed by atoms with E-state index in [2.05, 4.69) is 25.8 Å². The summed E-state index contributed by atoms with van der Waals surface area (Å²) in [7, 11) is 3.78. The quantitative estimate of drug-likeness (QED) is 0.556. The van der Waals surface area contributed by atoms with Gasteiger partial charge in [0.05, 0.1) is 11.9 Å². The first kappa shape index (κ1) is 13.5. The van der Waals surface area contributed by atoms with E-state index in [4.69, 9.17) is 0 Å². The lowest BCUT2D eigenvalue weighted by atomic mass is 10.2. The highest BCUT2D eigenvalue weighted by Crippen LogP contribution is 2.01. The zero-order valence-electron chi connectivity index (χ0n) is 10.7. The number of hydrogen-bond acceptors (Lipinski definition) is 5. The van der Waals surface area contributed by atoms with Crippen LogP contribution in [0.2, 0.25) is 0 Å². The van der Waals surface area contributed by atoms with Crippen molar-refractivity contribution in [3.05, 3.63) is 11.4 Å². The van der Waals surface area contributed by atoms with Gasteiger partial charge < -0.3 is 20.9 Å². The number of carbonyl (C=O) groups is 1. The number of nitrogens with one attached hydrogen (secondary N) is 3. The Labute approximate surface area is 102 Å². The lowest BCUT2D eigenvalue weighted by Gasteiger charge is -2.18. The maximum absolute atomic E-state index is 11.8.